The van der Waals surface area contributed by atoms with Crippen LogP contribution in [0.5, 0.6) is 0 Å². The zero-order chi connectivity index (χ0) is 10.4. The fraction of sp³-hybridized carbons (Fsp3) is 0.778. The summed E-state index contributed by atoms with van der Waals surface area (Å²) in [5, 5.41) is 11.2. The lowest BCUT2D eigenvalue weighted by Gasteiger charge is -2.06. The molecule has 0 atom stereocenters. The van der Waals surface area contributed by atoms with Crippen LogP contribution in [0.15, 0.2) is 6.20 Å². The van der Waals surface area contributed by atoms with Crippen molar-refractivity contribution in [1.82, 2.24) is 20.3 Å². The van der Waals surface area contributed by atoms with E-state index in [4.69, 9.17) is 5.73 Å². The van der Waals surface area contributed by atoms with E-state index in [9.17, 15) is 0 Å². The summed E-state index contributed by atoms with van der Waals surface area (Å²) < 4.78 is 1.84. The average Bonchev–Trinajstić information content (AvgIpc) is 2.60. The molecule has 5 nitrogen and oxygen atoms in total. The van der Waals surface area contributed by atoms with Crippen LogP contribution in [0.25, 0.3) is 0 Å². The number of hydrogen-bond acceptors (Lipinski definition) is 4. The van der Waals surface area contributed by atoms with E-state index in [0.29, 0.717) is 12.6 Å². The first-order valence-corrected chi connectivity index (χ1v) is 5.05. The Morgan fingerprint density at radius 3 is 2.93 bits per heavy atom. The molecule has 0 saturated heterocycles. The van der Waals surface area contributed by atoms with Gasteiger partial charge in [0.25, 0.3) is 0 Å². The van der Waals surface area contributed by atoms with Crippen LogP contribution in [0.2, 0.25) is 0 Å². The van der Waals surface area contributed by atoms with Gasteiger partial charge < -0.3 is 11.1 Å². The minimum Gasteiger partial charge on any atom is -0.325 e. The lowest BCUT2D eigenvalue weighted by molar-refractivity contribution is 0.505. The number of nitrogens with one attached hydrogen (secondary N) is 1. The number of nitrogens with zero attached hydrogens (tertiary/aromatic N) is 3. The van der Waals surface area contributed by atoms with Gasteiger partial charge >= 0.3 is 0 Å². The molecule has 3 N–H and O–H groups in total. The number of nitrogens with two attached hydrogens (primary N) is 1. The van der Waals surface area contributed by atoms with E-state index in [1.165, 1.54) is 0 Å². The third-order valence-electron chi connectivity index (χ3n) is 1.91. The SMILES string of the molecule is CC(C)NCCCn1cc(CN)nn1. The minimum absolute atomic E-state index is 0.463. The summed E-state index contributed by atoms with van der Waals surface area (Å²) in [5.74, 6) is 0. The Labute approximate surface area is 84.7 Å². The van der Waals surface area contributed by atoms with Gasteiger partial charge in [-0.3, -0.25) is 4.68 Å². The highest BCUT2D eigenvalue weighted by Gasteiger charge is 1.98. The molecule has 0 spiro atoms. The Kier molecular flexibility index (Phi) is 4.55. The summed E-state index contributed by atoms with van der Waals surface area (Å²) in [6, 6.07) is 0.547. The molecular weight excluding hydrogens is 178 g/mol. The van der Waals surface area contributed by atoms with Crippen molar-refractivity contribution in [2.75, 3.05) is 6.54 Å². The molecule has 1 rings (SSSR count). The third-order valence-corrected chi connectivity index (χ3v) is 1.91. The Balaban J connectivity index is 2.18. The van der Waals surface area contributed by atoms with Gasteiger partial charge in [0, 0.05) is 25.3 Å². The summed E-state index contributed by atoms with van der Waals surface area (Å²) in [4.78, 5) is 0. The summed E-state index contributed by atoms with van der Waals surface area (Å²) in [5.41, 5.74) is 6.28. The average molecular weight is 197 g/mol. The van der Waals surface area contributed by atoms with Crippen molar-refractivity contribution in [3.05, 3.63) is 11.9 Å². The van der Waals surface area contributed by atoms with Crippen molar-refractivity contribution in [2.24, 2.45) is 5.73 Å². The molecule has 0 unspecified atom stereocenters. The summed E-state index contributed by atoms with van der Waals surface area (Å²) in [6.07, 6.45) is 2.96. The Morgan fingerprint density at radius 1 is 1.57 bits per heavy atom. The van der Waals surface area contributed by atoms with E-state index in [1.807, 2.05) is 10.9 Å². The number of hydrogen-bond donors (Lipinski definition) is 2. The largest absolute Gasteiger partial charge is 0.325 e. The maximum absolute atomic E-state index is 5.43. The lowest BCUT2D eigenvalue weighted by Crippen LogP contribution is -2.24. The Morgan fingerprint density at radius 2 is 2.36 bits per heavy atom. The molecule has 0 amide bonds. The molecule has 0 saturated carbocycles. The minimum atomic E-state index is 0.463. The van der Waals surface area contributed by atoms with E-state index >= 15 is 0 Å². The van der Waals surface area contributed by atoms with Gasteiger partial charge in [-0.25, -0.2) is 0 Å². The highest BCUT2D eigenvalue weighted by atomic mass is 15.4. The van der Waals surface area contributed by atoms with Crippen LogP contribution >= 0.6 is 0 Å². The van der Waals surface area contributed by atoms with Gasteiger partial charge in [0.15, 0.2) is 0 Å². The zero-order valence-electron chi connectivity index (χ0n) is 8.90. The van der Waals surface area contributed by atoms with Gasteiger partial charge in [-0.05, 0) is 13.0 Å². The normalized spacial score (nSPS) is 11.1. The fourth-order valence-electron chi connectivity index (χ4n) is 1.17. The van der Waals surface area contributed by atoms with Gasteiger partial charge in [0.1, 0.15) is 0 Å². The first-order valence-electron chi connectivity index (χ1n) is 5.05. The molecule has 0 bridgehead atoms. The van der Waals surface area contributed by atoms with E-state index in [2.05, 4.69) is 29.5 Å². The monoisotopic (exact) mass is 197 g/mol. The van der Waals surface area contributed by atoms with Crippen LogP contribution in [-0.4, -0.2) is 27.6 Å². The topological polar surface area (TPSA) is 68.8 Å². The molecule has 0 aliphatic carbocycles. The van der Waals surface area contributed by atoms with Crippen LogP contribution in [-0.2, 0) is 13.1 Å². The smallest absolute Gasteiger partial charge is 0.0962 e. The molecule has 0 radical (unpaired) electrons. The van der Waals surface area contributed by atoms with Crippen LogP contribution in [0.1, 0.15) is 26.0 Å². The van der Waals surface area contributed by atoms with Crippen molar-refractivity contribution in [3.8, 4) is 0 Å². The van der Waals surface area contributed by atoms with E-state index < -0.39 is 0 Å². The molecule has 0 fully saturated rings. The van der Waals surface area contributed by atoms with Crippen LogP contribution < -0.4 is 11.1 Å². The molecule has 0 aliphatic heterocycles. The van der Waals surface area contributed by atoms with Crippen LogP contribution in [0.4, 0.5) is 0 Å². The third kappa shape index (κ3) is 3.85. The molecule has 14 heavy (non-hydrogen) atoms. The van der Waals surface area contributed by atoms with E-state index in [0.717, 1.165) is 25.2 Å². The zero-order valence-corrected chi connectivity index (χ0v) is 8.90. The number of aromatic nitrogens is 3. The highest BCUT2D eigenvalue weighted by Crippen LogP contribution is 1.92. The molecule has 1 heterocycles. The second-order valence-electron chi connectivity index (χ2n) is 3.64. The van der Waals surface area contributed by atoms with Gasteiger partial charge in [-0.1, -0.05) is 19.1 Å². The molecule has 5 heteroatoms. The second kappa shape index (κ2) is 5.72. The molecule has 0 aromatic carbocycles. The van der Waals surface area contributed by atoms with Crippen LogP contribution in [0.3, 0.4) is 0 Å². The predicted octanol–water partition coefficient (Wildman–Crippen LogP) is 0.125. The first-order chi connectivity index (χ1) is 6.72. The van der Waals surface area contributed by atoms with E-state index in [1.54, 1.807) is 0 Å². The predicted molar refractivity (Wildman–Crippen MR) is 55.7 cm³/mol. The summed E-state index contributed by atoms with van der Waals surface area (Å²) >= 11 is 0. The highest BCUT2D eigenvalue weighted by molar-refractivity contribution is 4.90. The standard InChI is InChI=1S/C9H19N5/c1-8(2)11-4-3-5-14-7-9(6-10)12-13-14/h7-8,11H,3-6,10H2,1-2H3. The van der Waals surface area contributed by atoms with Gasteiger partial charge in [-0.15, -0.1) is 5.10 Å². The maximum atomic E-state index is 5.43. The van der Waals surface area contributed by atoms with Crippen LogP contribution in [0, 0.1) is 0 Å². The Bertz CT molecular complexity index is 255. The fourth-order valence-corrected chi connectivity index (χ4v) is 1.17. The van der Waals surface area contributed by atoms with Crippen molar-refractivity contribution < 1.29 is 0 Å². The van der Waals surface area contributed by atoms with Crippen molar-refractivity contribution in [3.63, 3.8) is 0 Å². The Hall–Kier alpha value is -0.940. The number of aryl methyl sites for hydroxylation is 1. The van der Waals surface area contributed by atoms with Gasteiger partial charge in [0.05, 0.1) is 5.69 Å². The quantitative estimate of drug-likeness (QED) is 0.636. The number of rotatable bonds is 6. The maximum Gasteiger partial charge on any atom is 0.0962 e. The van der Waals surface area contributed by atoms with Crippen molar-refractivity contribution in [2.45, 2.75) is 39.4 Å². The van der Waals surface area contributed by atoms with Gasteiger partial charge in [0.2, 0.25) is 0 Å². The molecule has 1 aromatic rings. The molecule has 80 valence electrons. The molecule has 0 aliphatic rings. The first kappa shape index (κ1) is 11.1. The van der Waals surface area contributed by atoms with Crippen molar-refractivity contribution in [1.29, 1.82) is 0 Å². The van der Waals surface area contributed by atoms with Crippen molar-refractivity contribution >= 4 is 0 Å². The molecular formula is C9H19N5. The summed E-state index contributed by atoms with van der Waals surface area (Å²) in [6.45, 7) is 6.65. The summed E-state index contributed by atoms with van der Waals surface area (Å²) in [7, 11) is 0. The molecule has 1 aromatic heterocycles. The lowest BCUT2D eigenvalue weighted by atomic mass is 10.3. The van der Waals surface area contributed by atoms with Gasteiger partial charge in [-0.2, -0.15) is 0 Å². The second-order valence-corrected chi connectivity index (χ2v) is 3.64. The van der Waals surface area contributed by atoms with E-state index in [-0.39, 0.29) is 0 Å².